The zero-order chi connectivity index (χ0) is 5.91. The molecule has 40 valence electrons. The molecule has 0 saturated heterocycles. The van der Waals surface area contributed by atoms with Crippen LogP contribution in [0.25, 0.3) is 0 Å². The highest BCUT2D eigenvalue weighted by atomic mass is 28.5. The summed E-state index contributed by atoms with van der Waals surface area (Å²) in [5.74, 6) is 1.54. The van der Waals surface area contributed by atoms with Crippen LogP contribution in [0.1, 0.15) is 0 Å². The molecule has 0 atom stereocenters. The van der Waals surface area contributed by atoms with Crippen molar-refractivity contribution in [2.45, 2.75) is 6.04 Å². The minimum absolute atomic E-state index is 0.993. The Morgan fingerprint density at radius 2 is 1.86 bits per heavy atom. The normalized spacial score (nSPS) is 10.6. The smallest absolute Gasteiger partial charge is 0.237 e. The second-order valence-corrected chi connectivity index (χ2v) is 2.58. The van der Waals surface area contributed by atoms with Crippen LogP contribution in [0.2, 0.25) is 6.04 Å². The van der Waals surface area contributed by atoms with Gasteiger partial charge in [0, 0.05) is 0 Å². The van der Waals surface area contributed by atoms with Gasteiger partial charge in [0.25, 0.3) is 0 Å². The van der Waals surface area contributed by atoms with Crippen molar-refractivity contribution in [3.8, 4) is 12.3 Å². The van der Waals surface area contributed by atoms with Crippen molar-refractivity contribution in [2.75, 3.05) is 0 Å². The predicted molar refractivity (Wildman–Crippen MR) is 22.7 cm³/mol. The highest BCUT2D eigenvalue weighted by Crippen LogP contribution is 2.12. The maximum absolute atomic E-state index is 11.1. The molecule has 0 aliphatic carbocycles. The summed E-state index contributed by atoms with van der Waals surface area (Å²) in [5.41, 5.74) is 0. The first-order valence-electron chi connectivity index (χ1n) is 1.56. The number of rotatable bonds is 1. The van der Waals surface area contributed by atoms with E-state index in [2.05, 4.69) is 6.42 Å². The van der Waals surface area contributed by atoms with Crippen LogP contribution in [0.4, 0.5) is 12.3 Å². The molecule has 0 unspecified atom stereocenters. The van der Waals surface area contributed by atoms with Gasteiger partial charge >= 0.3 is 9.08 Å². The Bertz CT molecular complexity index is 87.3. The molecule has 0 spiro atoms. The first-order valence-corrected chi connectivity index (χ1v) is 3.40. The third-order valence-corrected chi connectivity index (χ3v) is 0.908. The van der Waals surface area contributed by atoms with E-state index in [1.807, 2.05) is 0 Å². The lowest BCUT2D eigenvalue weighted by Gasteiger charge is -1.90. The molecule has 0 aromatic rings. The lowest BCUT2D eigenvalue weighted by Crippen LogP contribution is -2.11. The molecule has 0 N–H and O–H groups in total. The lowest BCUT2D eigenvalue weighted by atomic mass is 10.8. The van der Waals surface area contributed by atoms with Crippen molar-refractivity contribution in [2.24, 2.45) is 0 Å². The largest absolute Gasteiger partial charge is 0.628 e. The Kier molecular flexibility index (Phi) is 1.90. The molecule has 0 heterocycles. The van der Waals surface area contributed by atoms with Crippen LogP contribution in [0, 0.1) is 12.3 Å². The van der Waals surface area contributed by atoms with Gasteiger partial charge in [-0.1, -0.05) is 0 Å². The molecule has 0 aliphatic heterocycles. The molecule has 0 bridgehead atoms. The summed E-state index contributed by atoms with van der Waals surface area (Å²) in [4.78, 5) is 0. The fraction of sp³-hybridized carbons (Fsp3) is 0.333. The van der Waals surface area contributed by atoms with Crippen LogP contribution >= 0.6 is 0 Å². The van der Waals surface area contributed by atoms with Gasteiger partial charge in [-0.25, -0.2) is 12.3 Å². The van der Waals surface area contributed by atoms with E-state index in [-0.39, 0.29) is 0 Å². The molecule has 4 heteroatoms. The van der Waals surface area contributed by atoms with Crippen LogP contribution in [0.3, 0.4) is 0 Å². The predicted octanol–water partition coefficient (Wildman–Crippen LogP) is 1.47. The molecule has 0 aromatic heterocycles. The Hall–Kier alpha value is -0.433. The molecule has 0 aromatic carbocycles. The summed E-state index contributed by atoms with van der Waals surface area (Å²) in [6.45, 7) is 0. The standard InChI is InChI=1S/C3H3F3Si/c1-2-3-7(4,5)6/h1H,3H2. The summed E-state index contributed by atoms with van der Waals surface area (Å²) in [5, 5.41) is 0. The van der Waals surface area contributed by atoms with Crippen LogP contribution < -0.4 is 0 Å². The molecule has 0 aliphatic rings. The van der Waals surface area contributed by atoms with Gasteiger partial charge < -0.3 is 0 Å². The number of hydrogen-bond donors (Lipinski definition) is 0. The first kappa shape index (κ1) is 6.57. The highest BCUT2D eigenvalue weighted by molar-refractivity contribution is 6.59. The zero-order valence-electron chi connectivity index (χ0n) is 3.42. The van der Waals surface area contributed by atoms with Crippen LogP contribution in [-0.2, 0) is 0 Å². The van der Waals surface area contributed by atoms with Gasteiger partial charge in [-0.3, -0.25) is 0 Å². The minimum Gasteiger partial charge on any atom is -0.237 e. The van der Waals surface area contributed by atoms with Crippen molar-refractivity contribution in [3.05, 3.63) is 0 Å². The number of terminal acetylenes is 1. The maximum Gasteiger partial charge on any atom is 0.628 e. The minimum atomic E-state index is -5.39. The quantitative estimate of drug-likeness (QED) is 0.282. The van der Waals surface area contributed by atoms with E-state index >= 15 is 0 Å². The number of halogens is 3. The molecule has 0 fully saturated rings. The van der Waals surface area contributed by atoms with E-state index < -0.39 is 15.1 Å². The molecule has 0 saturated carbocycles. The molecular formula is C3H3F3Si. The first-order chi connectivity index (χ1) is 3.06. The Balaban J connectivity index is 3.40. The average molecular weight is 124 g/mol. The lowest BCUT2D eigenvalue weighted by molar-refractivity contribution is 0.479. The molecule has 7 heavy (non-hydrogen) atoms. The summed E-state index contributed by atoms with van der Waals surface area (Å²) in [7, 11) is -5.39. The van der Waals surface area contributed by atoms with Crippen molar-refractivity contribution < 1.29 is 12.3 Å². The molecular weight excluding hydrogens is 121 g/mol. The van der Waals surface area contributed by atoms with Crippen LogP contribution in [0.15, 0.2) is 0 Å². The summed E-state index contributed by atoms with van der Waals surface area (Å²) in [6.07, 6.45) is 4.38. The van der Waals surface area contributed by atoms with Crippen LogP contribution in [-0.4, -0.2) is 9.08 Å². The maximum atomic E-state index is 11.1. The zero-order valence-corrected chi connectivity index (χ0v) is 4.42. The highest BCUT2D eigenvalue weighted by Gasteiger charge is 2.34. The van der Waals surface area contributed by atoms with E-state index in [0.717, 1.165) is 0 Å². The van der Waals surface area contributed by atoms with Gasteiger partial charge in [-0.15, -0.1) is 12.3 Å². The third kappa shape index (κ3) is 5.57. The van der Waals surface area contributed by atoms with Gasteiger partial charge in [-0.05, 0) is 0 Å². The molecule has 0 nitrogen and oxygen atoms in total. The van der Waals surface area contributed by atoms with Crippen molar-refractivity contribution in [1.29, 1.82) is 0 Å². The summed E-state index contributed by atoms with van der Waals surface area (Å²) < 4.78 is 33.2. The fourth-order valence-corrected chi connectivity index (χ4v) is 0.347. The van der Waals surface area contributed by atoms with Gasteiger partial charge in [0.15, 0.2) is 0 Å². The second-order valence-electron chi connectivity index (χ2n) is 0.996. The van der Waals surface area contributed by atoms with Crippen molar-refractivity contribution >= 4 is 9.08 Å². The fourth-order valence-electron chi connectivity index (χ4n) is 0.116. The molecule has 0 amide bonds. The Morgan fingerprint density at radius 3 is 1.86 bits per heavy atom. The van der Waals surface area contributed by atoms with Gasteiger partial charge in [0.2, 0.25) is 0 Å². The van der Waals surface area contributed by atoms with E-state index in [4.69, 9.17) is 0 Å². The molecule has 0 rings (SSSR count). The van der Waals surface area contributed by atoms with E-state index in [0.29, 0.717) is 0 Å². The summed E-state index contributed by atoms with van der Waals surface area (Å²) >= 11 is 0. The monoisotopic (exact) mass is 124 g/mol. The second kappa shape index (κ2) is 2.03. The van der Waals surface area contributed by atoms with Crippen molar-refractivity contribution in [1.82, 2.24) is 0 Å². The number of hydrogen-bond acceptors (Lipinski definition) is 0. The Morgan fingerprint density at radius 1 is 1.43 bits per heavy atom. The Labute approximate surface area is 40.9 Å². The third-order valence-electron chi connectivity index (χ3n) is 0.303. The topological polar surface area (TPSA) is 0 Å². The van der Waals surface area contributed by atoms with E-state index in [9.17, 15) is 12.3 Å². The van der Waals surface area contributed by atoms with E-state index in [1.165, 1.54) is 0 Å². The van der Waals surface area contributed by atoms with E-state index in [1.54, 1.807) is 5.92 Å². The van der Waals surface area contributed by atoms with Crippen LogP contribution in [0.5, 0.6) is 0 Å². The summed E-state index contributed by atoms with van der Waals surface area (Å²) in [6, 6.07) is -0.993. The van der Waals surface area contributed by atoms with Gasteiger partial charge in [0.1, 0.15) is 0 Å². The average Bonchev–Trinajstić information content (AvgIpc) is 1.30. The van der Waals surface area contributed by atoms with Gasteiger partial charge in [0.05, 0.1) is 6.04 Å². The molecule has 0 radical (unpaired) electrons. The van der Waals surface area contributed by atoms with Gasteiger partial charge in [-0.2, -0.15) is 0 Å². The SMILES string of the molecule is C#CC[Si](F)(F)F. The van der Waals surface area contributed by atoms with Crippen molar-refractivity contribution in [3.63, 3.8) is 0 Å².